The molecule has 2 aromatic heterocycles. The Hall–Kier alpha value is -5.73. The van der Waals surface area contributed by atoms with Crippen LogP contribution in [0.5, 0.6) is 0 Å². The van der Waals surface area contributed by atoms with Crippen molar-refractivity contribution in [3.8, 4) is 28.6 Å². The van der Waals surface area contributed by atoms with Crippen LogP contribution >= 0.6 is 0 Å². The molecular formula is C39H25F2N3. The molecule has 0 fully saturated rings. The second kappa shape index (κ2) is 9.65. The first-order valence-electron chi connectivity index (χ1n) is 14.5. The molecule has 2 heterocycles. The third-order valence-corrected chi connectivity index (χ3v) is 8.55. The summed E-state index contributed by atoms with van der Waals surface area (Å²) in [6.07, 6.45) is 0. The van der Waals surface area contributed by atoms with E-state index in [0.717, 1.165) is 60.8 Å². The van der Waals surface area contributed by atoms with Crippen molar-refractivity contribution in [2.45, 2.75) is 13.8 Å². The molecule has 0 atom stereocenters. The molecule has 0 bridgehead atoms. The number of rotatable bonds is 3. The minimum Gasteiger partial charge on any atom is -0.309 e. The lowest BCUT2D eigenvalue weighted by molar-refractivity contribution is 0.584. The number of nitriles is 1. The number of hydrogen-bond donors (Lipinski definition) is 0. The number of nitrogens with zero attached hydrogens (tertiary/aromatic N) is 3. The number of fused-ring (bicyclic) bond motifs is 6. The Labute approximate surface area is 252 Å². The molecule has 0 aliphatic carbocycles. The van der Waals surface area contributed by atoms with Crippen molar-refractivity contribution in [2.75, 3.05) is 0 Å². The van der Waals surface area contributed by atoms with Gasteiger partial charge < -0.3 is 9.13 Å². The average molecular weight is 574 g/mol. The van der Waals surface area contributed by atoms with E-state index in [2.05, 4.69) is 63.7 Å². The van der Waals surface area contributed by atoms with Crippen molar-refractivity contribution in [2.24, 2.45) is 0 Å². The molecule has 0 aliphatic rings. The predicted molar refractivity (Wildman–Crippen MR) is 175 cm³/mol. The summed E-state index contributed by atoms with van der Waals surface area (Å²) in [6, 6.07) is 38.6. The molecular weight excluding hydrogens is 548 g/mol. The first-order chi connectivity index (χ1) is 21.4. The topological polar surface area (TPSA) is 33.6 Å². The lowest BCUT2D eigenvalue weighted by Crippen LogP contribution is -2.04. The monoisotopic (exact) mass is 573 g/mol. The van der Waals surface area contributed by atoms with Gasteiger partial charge in [-0.3, -0.25) is 0 Å². The molecule has 0 N–H and O–H groups in total. The summed E-state index contributed by atoms with van der Waals surface area (Å²) in [7, 11) is 0. The number of benzene rings is 6. The van der Waals surface area contributed by atoms with Gasteiger partial charge >= 0.3 is 0 Å². The van der Waals surface area contributed by atoms with Gasteiger partial charge in [0.25, 0.3) is 0 Å². The van der Waals surface area contributed by atoms with E-state index in [0.29, 0.717) is 28.1 Å². The quantitative estimate of drug-likeness (QED) is 0.207. The Morgan fingerprint density at radius 1 is 0.523 bits per heavy atom. The van der Waals surface area contributed by atoms with Gasteiger partial charge in [0.05, 0.1) is 39.0 Å². The molecule has 0 radical (unpaired) electrons. The summed E-state index contributed by atoms with van der Waals surface area (Å²) in [5.74, 6) is -1.33. The molecule has 210 valence electrons. The molecule has 0 aliphatic heterocycles. The number of aromatic nitrogens is 2. The number of halogens is 2. The molecule has 8 rings (SSSR count). The van der Waals surface area contributed by atoms with E-state index in [1.54, 1.807) is 0 Å². The second-order valence-electron chi connectivity index (χ2n) is 11.4. The van der Waals surface area contributed by atoms with Crippen LogP contribution in [-0.2, 0) is 0 Å². The Morgan fingerprint density at radius 2 is 1.02 bits per heavy atom. The SMILES string of the molecule is Cc1ccc2c3ccccc3n(-c3cc(-c4cc(F)cc(F)c4)c(-n4c5ccccc5c5ccc(C)cc54)cc3C#N)c2c1. The molecule has 0 amide bonds. The molecule has 0 saturated heterocycles. The zero-order valence-corrected chi connectivity index (χ0v) is 24.1. The lowest BCUT2D eigenvalue weighted by Gasteiger charge is -2.19. The molecule has 0 spiro atoms. The summed E-state index contributed by atoms with van der Waals surface area (Å²) >= 11 is 0. The summed E-state index contributed by atoms with van der Waals surface area (Å²) < 4.78 is 33.8. The van der Waals surface area contributed by atoms with Gasteiger partial charge in [0.1, 0.15) is 17.7 Å². The van der Waals surface area contributed by atoms with E-state index >= 15 is 0 Å². The fourth-order valence-electron chi connectivity index (χ4n) is 6.66. The van der Waals surface area contributed by atoms with Gasteiger partial charge in [-0.15, -0.1) is 0 Å². The van der Waals surface area contributed by atoms with E-state index in [1.165, 1.54) is 12.1 Å². The zero-order valence-electron chi connectivity index (χ0n) is 24.1. The largest absolute Gasteiger partial charge is 0.309 e. The van der Waals surface area contributed by atoms with Gasteiger partial charge in [0, 0.05) is 33.2 Å². The minimum atomic E-state index is -0.664. The Kier molecular flexibility index (Phi) is 5.69. The third kappa shape index (κ3) is 3.85. The highest BCUT2D eigenvalue weighted by Gasteiger charge is 2.22. The zero-order chi connectivity index (χ0) is 30.1. The first-order valence-corrected chi connectivity index (χ1v) is 14.5. The molecule has 8 aromatic rings. The van der Waals surface area contributed by atoms with Crippen molar-refractivity contribution >= 4 is 43.6 Å². The normalized spacial score (nSPS) is 11.6. The highest BCUT2D eigenvalue weighted by Crippen LogP contribution is 2.41. The molecule has 5 heteroatoms. The van der Waals surface area contributed by atoms with Gasteiger partial charge in [-0.2, -0.15) is 5.26 Å². The number of aryl methyl sites for hydroxylation is 2. The molecule has 0 unspecified atom stereocenters. The predicted octanol–water partition coefficient (Wildman–Crippen LogP) is 10.3. The molecule has 0 saturated carbocycles. The van der Waals surface area contributed by atoms with Gasteiger partial charge in [0.2, 0.25) is 0 Å². The number of para-hydroxylation sites is 2. The van der Waals surface area contributed by atoms with Crippen molar-refractivity contribution in [1.82, 2.24) is 9.13 Å². The van der Waals surface area contributed by atoms with Gasteiger partial charge in [-0.25, -0.2) is 8.78 Å². The summed E-state index contributed by atoms with van der Waals surface area (Å²) in [5.41, 5.74) is 8.72. The Morgan fingerprint density at radius 3 is 1.57 bits per heavy atom. The van der Waals surface area contributed by atoms with Crippen LogP contribution in [0.2, 0.25) is 0 Å². The van der Waals surface area contributed by atoms with E-state index in [4.69, 9.17) is 0 Å². The van der Waals surface area contributed by atoms with E-state index in [-0.39, 0.29) is 0 Å². The summed E-state index contributed by atoms with van der Waals surface area (Å²) in [6.45, 7) is 4.08. The van der Waals surface area contributed by atoms with Crippen molar-refractivity contribution in [3.05, 3.63) is 144 Å². The van der Waals surface area contributed by atoms with Gasteiger partial charge in [0.15, 0.2) is 0 Å². The maximum atomic E-state index is 14.8. The lowest BCUT2D eigenvalue weighted by atomic mass is 9.98. The van der Waals surface area contributed by atoms with Crippen molar-refractivity contribution in [3.63, 3.8) is 0 Å². The van der Waals surface area contributed by atoms with Crippen LogP contribution in [0.25, 0.3) is 66.1 Å². The standard InChI is InChI=1S/C39H25F2N3/c1-23-11-13-31-29-7-3-5-9-34(29)43(37(31)15-23)36-21-33(25-17-27(40)20-28(41)18-25)39(19-26(36)22-42)44-35-10-6-4-8-30(35)32-14-12-24(2)16-38(32)44/h3-21H,1-2H3. The van der Waals surface area contributed by atoms with Crippen LogP contribution in [0.3, 0.4) is 0 Å². The van der Waals surface area contributed by atoms with E-state index in [1.807, 2.05) is 62.4 Å². The smallest absolute Gasteiger partial charge is 0.126 e. The fourth-order valence-corrected chi connectivity index (χ4v) is 6.66. The maximum absolute atomic E-state index is 14.8. The van der Waals surface area contributed by atoms with Crippen LogP contribution in [0.4, 0.5) is 8.78 Å². The van der Waals surface area contributed by atoms with Crippen LogP contribution < -0.4 is 0 Å². The average Bonchev–Trinajstić information content (AvgIpc) is 3.51. The highest BCUT2D eigenvalue weighted by molar-refractivity contribution is 6.11. The van der Waals surface area contributed by atoms with Crippen LogP contribution in [-0.4, -0.2) is 9.13 Å². The van der Waals surface area contributed by atoms with Gasteiger partial charge in [-0.1, -0.05) is 60.7 Å². The second-order valence-corrected chi connectivity index (χ2v) is 11.4. The minimum absolute atomic E-state index is 0.388. The molecule has 44 heavy (non-hydrogen) atoms. The van der Waals surface area contributed by atoms with E-state index < -0.39 is 11.6 Å². The summed E-state index contributed by atoms with van der Waals surface area (Å²) in [4.78, 5) is 0. The number of hydrogen-bond acceptors (Lipinski definition) is 1. The van der Waals surface area contributed by atoms with Crippen molar-refractivity contribution in [1.29, 1.82) is 5.26 Å². The van der Waals surface area contributed by atoms with Crippen LogP contribution in [0.15, 0.2) is 115 Å². The highest BCUT2D eigenvalue weighted by atomic mass is 19.1. The van der Waals surface area contributed by atoms with Gasteiger partial charge in [-0.05, 0) is 79.1 Å². The first kappa shape index (κ1) is 25.9. The Bertz CT molecular complexity index is 2490. The summed E-state index contributed by atoms with van der Waals surface area (Å²) in [5, 5.41) is 14.9. The fraction of sp³-hybridized carbons (Fsp3) is 0.0513. The van der Waals surface area contributed by atoms with E-state index in [9.17, 15) is 14.0 Å². The maximum Gasteiger partial charge on any atom is 0.126 e. The third-order valence-electron chi connectivity index (χ3n) is 8.55. The van der Waals surface area contributed by atoms with Crippen LogP contribution in [0, 0.1) is 36.8 Å². The van der Waals surface area contributed by atoms with Crippen molar-refractivity contribution < 1.29 is 8.78 Å². The Balaban J connectivity index is 1.55. The molecule has 6 aromatic carbocycles. The van der Waals surface area contributed by atoms with Crippen LogP contribution in [0.1, 0.15) is 16.7 Å². The molecule has 3 nitrogen and oxygen atoms in total.